The predicted molar refractivity (Wildman–Crippen MR) is 108 cm³/mol. The highest BCUT2D eigenvalue weighted by Crippen LogP contribution is 2.25. The van der Waals surface area contributed by atoms with Crippen LogP contribution in [0.1, 0.15) is 44.7 Å². The van der Waals surface area contributed by atoms with E-state index in [1.165, 1.54) is 0 Å². The highest BCUT2D eigenvalue weighted by Gasteiger charge is 2.27. The third-order valence-corrected chi connectivity index (χ3v) is 4.93. The number of hydrogen-bond donors (Lipinski definition) is 1. The van der Waals surface area contributed by atoms with E-state index >= 15 is 0 Å². The average molecular weight is 402 g/mol. The van der Waals surface area contributed by atoms with Crippen molar-refractivity contribution in [2.24, 2.45) is 0 Å². The highest BCUT2D eigenvalue weighted by molar-refractivity contribution is 6.30. The third-order valence-electron chi connectivity index (χ3n) is 4.69. The molecule has 1 aromatic rings. The molecule has 1 aliphatic rings. The Balaban J connectivity index is 0.00000338. The lowest BCUT2D eigenvalue weighted by Gasteiger charge is -2.36. The van der Waals surface area contributed by atoms with E-state index in [-0.39, 0.29) is 30.3 Å². The summed E-state index contributed by atoms with van der Waals surface area (Å²) in [5.41, 5.74) is 1.05. The maximum Gasteiger partial charge on any atom is 0.223 e. The Kier molecular flexibility index (Phi) is 9.99. The SMILES string of the molecule is CCN(CC)C(=O)CCCC(=O)N1CCNCC1c1cccc(Cl)c1.Cl. The van der Waals surface area contributed by atoms with Crippen LogP contribution in [0, 0.1) is 0 Å². The van der Waals surface area contributed by atoms with Gasteiger partial charge >= 0.3 is 0 Å². The zero-order valence-electron chi connectivity index (χ0n) is 15.5. The first kappa shape index (κ1) is 22.7. The second-order valence-corrected chi connectivity index (χ2v) is 6.72. The number of carbonyl (C=O) groups excluding carboxylic acids is 2. The minimum Gasteiger partial charge on any atom is -0.343 e. The van der Waals surface area contributed by atoms with Crippen molar-refractivity contribution in [1.82, 2.24) is 15.1 Å². The summed E-state index contributed by atoms with van der Waals surface area (Å²) in [7, 11) is 0. The average Bonchev–Trinajstić information content (AvgIpc) is 2.62. The van der Waals surface area contributed by atoms with Gasteiger partial charge in [-0.2, -0.15) is 0 Å². The maximum absolute atomic E-state index is 12.7. The van der Waals surface area contributed by atoms with Crippen LogP contribution in [0.4, 0.5) is 0 Å². The Bertz CT molecular complexity index is 594. The first-order chi connectivity index (χ1) is 12.1. The molecule has 5 nitrogen and oxygen atoms in total. The number of rotatable bonds is 7. The van der Waals surface area contributed by atoms with Gasteiger partial charge in [0.05, 0.1) is 6.04 Å². The molecule has 0 aromatic heterocycles. The Labute approximate surface area is 167 Å². The number of nitrogens with zero attached hydrogens (tertiary/aromatic N) is 2. The molecule has 1 aliphatic heterocycles. The van der Waals surface area contributed by atoms with Gasteiger partial charge in [0.1, 0.15) is 0 Å². The Morgan fingerprint density at radius 2 is 2.00 bits per heavy atom. The van der Waals surface area contributed by atoms with Crippen molar-refractivity contribution >= 4 is 35.8 Å². The summed E-state index contributed by atoms with van der Waals surface area (Å²) in [6.45, 7) is 7.59. The fourth-order valence-corrected chi connectivity index (χ4v) is 3.48. The molecule has 1 saturated heterocycles. The fourth-order valence-electron chi connectivity index (χ4n) is 3.28. The molecule has 1 heterocycles. The molecule has 0 saturated carbocycles. The minimum absolute atomic E-state index is 0. The number of piperazine rings is 1. The zero-order chi connectivity index (χ0) is 18.2. The molecular formula is C19H29Cl2N3O2. The van der Waals surface area contributed by atoms with E-state index in [1.807, 2.05) is 47.9 Å². The highest BCUT2D eigenvalue weighted by atomic mass is 35.5. The number of halogens is 2. The van der Waals surface area contributed by atoms with Crippen molar-refractivity contribution in [3.05, 3.63) is 34.9 Å². The molecule has 1 unspecified atom stereocenters. The maximum atomic E-state index is 12.7. The van der Waals surface area contributed by atoms with Gasteiger partial charge in [-0.05, 0) is 38.0 Å². The van der Waals surface area contributed by atoms with Crippen LogP contribution in [0.15, 0.2) is 24.3 Å². The quantitative estimate of drug-likeness (QED) is 0.762. The van der Waals surface area contributed by atoms with Crippen molar-refractivity contribution in [3.8, 4) is 0 Å². The van der Waals surface area contributed by atoms with Crippen LogP contribution < -0.4 is 5.32 Å². The molecule has 146 valence electrons. The molecule has 2 rings (SSSR count). The van der Waals surface area contributed by atoms with E-state index in [0.29, 0.717) is 30.8 Å². The first-order valence-corrected chi connectivity index (χ1v) is 9.48. The van der Waals surface area contributed by atoms with Crippen molar-refractivity contribution in [1.29, 1.82) is 0 Å². The van der Waals surface area contributed by atoms with Gasteiger partial charge in [0, 0.05) is 50.6 Å². The number of hydrogen-bond acceptors (Lipinski definition) is 3. The van der Waals surface area contributed by atoms with Crippen LogP contribution >= 0.6 is 24.0 Å². The normalized spacial score (nSPS) is 16.7. The molecular weight excluding hydrogens is 373 g/mol. The van der Waals surface area contributed by atoms with Gasteiger partial charge in [-0.15, -0.1) is 12.4 Å². The smallest absolute Gasteiger partial charge is 0.223 e. The molecule has 1 atom stereocenters. The molecule has 1 aromatic carbocycles. The van der Waals surface area contributed by atoms with Gasteiger partial charge in [-0.3, -0.25) is 9.59 Å². The number of amides is 2. The molecule has 26 heavy (non-hydrogen) atoms. The summed E-state index contributed by atoms with van der Waals surface area (Å²) < 4.78 is 0. The summed E-state index contributed by atoms with van der Waals surface area (Å²) in [4.78, 5) is 28.5. The van der Waals surface area contributed by atoms with E-state index < -0.39 is 0 Å². The summed E-state index contributed by atoms with van der Waals surface area (Å²) in [6, 6.07) is 7.68. The van der Waals surface area contributed by atoms with E-state index in [4.69, 9.17) is 11.6 Å². The van der Waals surface area contributed by atoms with Gasteiger partial charge in [0.2, 0.25) is 11.8 Å². The number of nitrogens with one attached hydrogen (secondary N) is 1. The standard InChI is InChI=1S/C19H28ClN3O2.ClH/c1-3-22(4-2)18(24)9-6-10-19(25)23-12-11-21-14-17(23)15-7-5-8-16(20)13-15;/h5,7-8,13,17,21H,3-4,6,9-12,14H2,1-2H3;1H. The van der Waals surface area contributed by atoms with Crippen LogP contribution in [0.5, 0.6) is 0 Å². The second kappa shape index (κ2) is 11.4. The molecule has 0 aliphatic carbocycles. The monoisotopic (exact) mass is 401 g/mol. The van der Waals surface area contributed by atoms with E-state index in [1.54, 1.807) is 0 Å². The van der Waals surface area contributed by atoms with Crippen LogP contribution in [-0.2, 0) is 9.59 Å². The molecule has 1 fully saturated rings. The second-order valence-electron chi connectivity index (χ2n) is 6.28. The van der Waals surface area contributed by atoms with Gasteiger partial charge in [-0.1, -0.05) is 23.7 Å². The lowest BCUT2D eigenvalue weighted by atomic mass is 10.0. The van der Waals surface area contributed by atoms with Crippen LogP contribution in [0.25, 0.3) is 0 Å². The van der Waals surface area contributed by atoms with E-state index in [0.717, 1.165) is 31.7 Å². The Morgan fingerprint density at radius 1 is 1.27 bits per heavy atom. The zero-order valence-corrected chi connectivity index (χ0v) is 17.1. The lowest BCUT2D eigenvalue weighted by molar-refractivity contribution is -0.135. The Morgan fingerprint density at radius 3 is 2.65 bits per heavy atom. The largest absolute Gasteiger partial charge is 0.343 e. The van der Waals surface area contributed by atoms with Crippen molar-refractivity contribution < 1.29 is 9.59 Å². The third kappa shape index (κ3) is 6.15. The lowest BCUT2D eigenvalue weighted by Crippen LogP contribution is -2.48. The molecule has 0 radical (unpaired) electrons. The number of benzene rings is 1. The van der Waals surface area contributed by atoms with Crippen molar-refractivity contribution in [2.45, 2.75) is 39.2 Å². The van der Waals surface area contributed by atoms with Gasteiger partial charge in [-0.25, -0.2) is 0 Å². The van der Waals surface area contributed by atoms with E-state index in [2.05, 4.69) is 5.32 Å². The van der Waals surface area contributed by atoms with Crippen LogP contribution in [0.3, 0.4) is 0 Å². The van der Waals surface area contributed by atoms with E-state index in [9.17, 15) is 9.59 Å². The predicted octanol–water partition coefficient (Wildman–Crippen LogP) is 3.27. The Hall–Kier alpha value is -1.30. The summed E-state index contributed by atoms with van der Waals surface area (Å²) >= 11 is 6.10. The van der Waals surface area contributed by atoms with Crippen molar-refractivity contribution in [3.63, 3.8) is 0 Å². The summed E-state index contributed by atoms with van der Waals surface area (Å²) in [6.07, 6.45) is 1.44. The molecule has 0 spiro atoms. The molecule has 2 amide bonds. The summed E-state index contributed by atoms with van der Waals surface area (Å²) in [5, 5.41) is 4.03. The van der Waals surface area contributed by atoms with Gasteiger partial charge < -0.3 is 15.1 Å². The summed E-state index contributed by atoms with van der Waals surface area (Å²) in [5.74, 6) is 0.239. The fraction of sp³-hybridized carbons (Fsp3) is 0.579. The topological polar surface area (TPSA) is 52.7 Å². The van der Waals surface area contributed by atoms with Gasteiger partial charge in [0.15, 0.2) is 0 Å². The van der Waals surface area contributed by atoms with Gasteiger partial charge in [0.25, 0.3) is 0 Å². The molecule has 1 N–H and O–H groups in total. The first-order valence-electron chi connectivity index (χ1n) is 9.10. The van der Waals surface area contributed by atoms with Crippen molar-refractivity contribution in [2.75, 3.05) is 32.7 Å². The minimum atomic E-state index is -0.00145. The molecule has 7 heteroatoms. The van der Waals surface area contributed by atoms with Crippen LogP contribution in [-0.4, -0.2) is 54.3 Å². The van der Waals surface area contributed by atoms with Crippen LogP contribution in [0.2, 0.25) is 5.02 Å². The number of carbonyl (C=O) groups is 2. The molecule has 0 bridgehead atoms.